The molecule has 0 aliphatic heterocycles. The summed E-state index contributed by atoms with van der Waals surface area (Å²) < 4.78 is 5.22. The molecule has 0 aromatic carbocycles. The van der Waals surface area contributed by atoms with Crippen LogP contribution in [0.15, 0.2) is 0 Å². The van der Waals surface area contributed by atoms with Crippen molar-refractivity contribution in [1.29, 1.82) is 0 Å². The van der Waals surface area contributed by atoms with Crippen molar-refractivity contribution < 1.29 is 35.4 Å². The standard InChI is InChI=1S/C11H24O7/c12-3-10(4-13,5-14)1-2-18-9-11(6-15,7-16)8-17/h12-17H,1-9H2. The number of hydrogen-bond acceptors (Lipinski definition) is 7. The molecule has 0 saturated carbocycles. The molecule has 6 N–H and O–H groups in total. The summed E-state index contributed by atoms with van der Waals surface area (Å²) in [5.41, 5.74) is -2.10. The van der Waals surface area contributed by atoms with Crippen LogP contribution in [-0.2, 0) is 4.74 Å². The van der Waals surface area contributed by atoms with Crippen molar-refractivity contribution in [3.63, 3.8) is 0 Å². The lowest BCUT2D eigenvalue weighted by Gasteiger charge is -2.29. The number of aliphatic hydroxyl groups is 6. The molecule has 0 heterocycles. The molecule has 7 nitrogen and oxygen atoms in total. The van der Waals surface area contributed by atoms with Crippen LogP contribution in [0.5, 0.6) is 0 Å². The van der Waals surface area contributed by atoms with Crippen LogP contribution in [0.1, 0.15) is 6.42 Å². The monoisotopic (exact) mass is 268 g/mol. The van der Waals surface area contributed by atoms with Gasteiger partial charge in [-0.1, -0.05) is 0 Å². The summed E-state index contributed by atoms with van der Waals surface area (Å²) in [7, 11) is 0. The minimum Gasteiger partial charge on any atom is -0.396 e. The van der Waals surface area contributed by atoms with Crippen molar-refractivity contribution in [3.05, 3.63) is 0 Å². The minimum absolute atomic E-state index is 0.0468. The van der Waals surface area contributed by atoms with Crippen molar-refractivity contribution in [2.75, 3.05) is 52.9 Å². The first-order chi connectivity index (χ1) is 8.57. The van der Waals surface area contributed by atoms with Crippen LogP contribution >= 0.6 is 0 Å². The number of rotatable bonds is 11. The summed E-state index contributed by atoms with van der Waals surface area (Å²) in [6.45, 7) is -2.25. The molecule has 0 bridgehead atoms. The highest BCUT2D eigenvalue weighted by molar-refractivity contribution is 4.78. The first kappa shape index (κ1) is 17.7. The maximum absolute atomic E-state index is 9.08. The van der Waals surface area contributed by atoms with E-state index in [4.69, 9.17) is 35.4 Å². The van der Waals surface area contributed by atoms with Gasteiger partial charge in [0.25, 0.3) is 0 Å². The van der Waals surface area contributed by atoms with E-state index in [-0.39, 0.29) is 39.5 Å². The fourth-order valence-corrected chi connectivity index (χ4v) is 1.25. The molecule has 0 aromatic rings. The predicted molar refractivity (Wildman–Crippen MR) is 62.8 cm³/mol. The summed E-state index contributed by atoms with van der Waals surface area (Å²) in [5, 5.41) is 54.4. The zero-order valence-electron chi connectivity index (χ0n) is 10.5. The summed E-state index contributed by atoms with van der Waals surface area (Å²) >= 11 is 0. The Hall–Kier alpha value is -0.280. The van der Waals surface area contributed by atoms with E-state index in [1.165, 1.54) is 0 Å². The van der Waals surface area contributed by atoms with E-state index in [1.807, 2.05) is 0 Å². The van der Waals surface area contributed by atoms with Crippen LogP contribution in [-0.4, -0.2) is 83.5 Å². The highest BCUT2D eigenvalue weighted by Crippen LogP contribution is 2.21. The third-order valence-electron chi connectivity index (χ3n) is 3.20. The molecule has 18 heavy (non-hydrogen) atoms. The number of ether oxygens (including phenoxy) is 1. The van der Waals surface area contributed by atoms with E-state index in [0.717, 1.165) is 0 Å². The lowest BCUT2D eigenvalue weighted by Crippen LogP contribution is -2.40. The Morgan fingerprint density at radius 1 is 0.611 bits per heavy atom. The first-order valence-corrected chi connectivity index (χ1v) is 5.80. The Bertz CT molecular complexity index is 163. The Balaban J connectivity index is 4.11. The van der Waals surface area contributed by atoms with Crippen LogP contribution in [0.3, 0.4) is 0 Å². The maximum atomic E-state index is 9.08. The molecule has 0 fully saturated rings. The lowest BCUT2D eigenvalue weighted by molar-refractivity contribution is -0.0727. The van der Waals surface area contributed by atoms with Crippen LogP contribution in [0, 0.1) is 10.8 Å². The average molecular weight is 268 g/mol. The summed E-state index contributed by atoms with van der Waals surface area (Å²) in [6, 6.07) is 0. The zero-order valence-corrected chi connectivity index (χ0v) is 10.5. The highest BCUT2D eigenvalue weighted by atomic mass is 16.5. The molecule has 0 rings (SSSR count). The third kappa shape index (κ3) is 4.77. The molecule has 0 amide bonds. The number of hydrogen-bond donors (Lipinski definition) is 6. The van der Waals surface area contributed by atoms with E-state index in [9.17, 15) is 0 Å². The predicted octanol–water partition coefficient (Wildman–Crippen LogP) is -2.68. The van der Waals surface area contributed by atoms with E-state index >= 15 is 0 Å². The minimum atomic E-state index is -1.10. The summed E-state index contributed by atoms with van der Waals surface area (Å²) in [6.07, 6.45) is 0.231. The summed E-state index contributed by atoms with van der Waals surface area (Å²) in [5.74, 6) is 0. The molecular weight excluding hydrogens is 244 g/mol. The molecule has 7 heteroatoms. The van der Waals surface area contributed by atoms with Gasteiger partial charge in [-0.3, -0.25) is 0 Å². The molecule has 110 valence electrons. The molecule has 0 saturated heterocycles. The van der Waals surface area contributed by atoms with E-state index < -0.39 is 30.7 Å². The second-order valence-corrected chi connectivity index (χ2v) is 4.75. The van der Waals surface area contributed by atoms with Crippen molar-refractivity contribution in [3.8, 4) is 0 Å². The van der Waals surface area contributed by atoms with Gasteiger partial charge in [-0.05, 0) is 6.42 Å². The molecule has 0 atom stereocenters. The van der Waals surface area contributed by atoms with Gasteiger partial charge in [-0.15, -0.1) is 0 Å². The van der Waals surface area contributed by atoms with Crippen molar-refractivity contribution in [1.82, 2.24) is 0 Å². The van der Waals surface area contributed by atoms with Gasteiger partial charge in [0.2, 0.25) is 0 Å². The normalized spacial score (nSPS) is 13.0. The van der Waals surface area contributed by atoms with Crippen molar-refractivity contribution in [2.45, 2.75) is 6.42 Å². The Kier molecular flexibility index (Phi) is 8.62. The van der Waals surface area contributed by atoms with Crippen LogP contribution in [0.2, 0.25) is 0 Å². The molecule has 0 aliphatic rings. The molecule has 0 aliphatic carbocycles. The van der Waals surface area contributed by atoms with Crippen LogP contribution in [0.4, 0.5) is 0 Å². The van der Waals surface area contributed by atoms with E-state index in [1.54, 1.807) is 0 Å². The van der Waals surface area contributed by atoms with Gasteiger partial charge in [-0.2, -0.15) is 0 Å². The summed E-state index contributed by atoms with van der Waals surface area (Å²) in [4.78, 5) is 0. The molecule has 0 aromatic heterocycles. The van der Waals surface area contributed by atoms with Gasteiger partial charge in [0, 0.05) is 12.0 Å². The average Bonchev–Trinajstić information content (AvgIpc) is 2.45. The zero-order chi connectivity index (χ0) is 14.1. The van der Waals surface area contributed by atoms with Gasteiger partial charge >= 0.3 is 0 Å². The third-order valence-corrected chi connectivity index (χ3v) is 3.20. The van der Waals surface area contributed by atoms with Gasteiger partial charge in [-0.25, -0.2) is 0 Å². The Labute approximate surface area is 106 Å². The molecular formula is C11H24O7. The van der Waals surface area contributed by atoms with Gasteiger partial charge < -0.3 is 35.4 Å². The lowest BCUT2D eigenvalue weighted by atomic mass is 9.87. The largest absolute Gasteiger partial charge is 0.396 e. The highest BCUT2D eigenvalue weighted by Gasteiger charge is 2.30. The SMILES string of the molecule is OCC(CO)(CO)CCOCC(CO)(CO)CO. The molecule has 0 unspecified atom stereocenters. The number of aliphatic hydroxyl groups excluding tert-OH is 6. The first-order valence-electron chi connectivity index (χ1n) is 5.80. The van der Waals surface area contributed by atoms with Crippen LogP contribution in [0.25, 0.3) is 0 Å². The van der Waals surface area contributed by atoms with Gasteiger partial charge in [0.1, 0.15) is 0 Å². The van der Waals surface area contributed by atoms with Gasteiger partial charge in [0.15, 0.2) is 0 Å². The van der Waals surface area contributed by atoms with E-state index in [2.05, 4.69) is 0 Å². The second-order valence-electron chi connectivity index (χ2n) is 4.75. The second kappa shape index (κ2) is 8.76. The van der Waals surface area contributed by atoms with Crippen LogP contribution < -0.4 is 0 Å². The molecule has 0 radical (unpaired) electrons. The van der Waals surface area contributed by atoms with Gasteiger partial charge in [0.05, 0.1) is 51.7 Å². The maximum Gasteiger partial charge on any atom is 0.0629 e. The topological polar surface area (TPSA) is 131 Å². The fourth-order valence-electron chi connectivity index (χ4n) is 1.25. The Morgan fingerprint density at radius 2 is 1.00 bits per heavy atom. The van der Waals surface area contributed by atoms with Crippen molar-refractivity contribution in [2.24, 2.45) is 10.8 Å². The fraction of sp³-hybridized carbons (Fsp3) is 1.00. The smallest absolute Gasteiger partial charge is 0.0629 e. The van der Waals surface area contributed by atoms with Crippen molar-refractivity contribution >= 4 is 0 Å². The quantitative estimate of drug-likeness (QED) is 0.225. The molecule has 0 spiro atoms. The Morgan fingerprint density at radius 3 is 1.33 bits per heavy atom. The van der Waals surface area contributed by atoms with E-state index in [0.29, 0.717) is 0 Å².